The number of nitrogen functional groups attached to an aromatic ring is 2. The van der Waals surface area contributed by atoms with Crippen molar-refractivity contribution in [2.24, 2.45) is 0 Å². The molecule has 4 N–H and O–H groups in total. The highest BCUT2D eigenvalue weighted by molar-refractivity contribution is 5.85. The highest BCUT2D eigenvalue weighted by atomic mass is 35.5. The number of nitrogens with two attached hydrogens (primary N) is 2. The lowest BCUT2D eigenvalue weighted by Gasteiger charge is -1.96. The predicted octanol–water partition coefficient (Wildman–Crippen LogP) is 3.44. The van der Waals surface area contributed by atoms with E-state index in [1.807, 2.05) is 60.7 Å². The van der Waals surface area contributed by atoms with Gasteiger partial charge in [-0.1, -0.05) is 36.4 Å². The molecule has 2 aromatic carbocycles. The first-order chi connectivity index (χ1) is 7.74. The summed E-state index contributed by atoms with van der Waals surface area (Å²) in [6, 6.07) is 15.5. The Morgan fingerprint density at radius 3 is 1.18 bits per heavy atom. The molecule has 0 aliphatic heterocycles. The van der Waals surface area contributed by atoms with Crippen LogP contribution in [0.1, 0.15) is 11.1 Å². The fourth-order valence-corrected chi connectivity index (χ4v) is 1.41. The lowest BCUT2D eigenvalue weighted by Crippen LogP contribution is -1.83. The second-order valence-corrected chi connectivity index (χ2v) is 3.67. The van der Waals surface area contributed by atoms with Gasteiger partial charge in [0.15, 0.2) is 0 Å². The Morgan fingerprint density at radius 2 is 0.882 bits per heavy atom. The van der Waals surface area contributed by atoms with E-state index in [1.54, 1.807) is 0 Å². The van der Waals surface area contributed by atoms with E-state index in [2.05, 4.69) is 0 Å². The Bertz CT molecular complexity index is 439. The van der Waals surface area contributed by atoms with Crippen LogP contribution in [0.2, 0.25) is 0 Å². The van der Waals surface area contributed by atoms with Crippen molar-refractivity contribution in [1.82, 2.24) is 0 Å². The van der Waals surface area contributed by atoms with E-state index < -0.39 is 0 Å². The largest absolute Gasteiger partial charge is 0.399 e. The molecule has 88 valence electrons. The summed E-state index contributed by atoms with van der Waals surface area (Å²) in [6.45, 7) is 0. The standard InChI is InChI=1S/C14H14N2.ClH/c15-13-7-3-11(4-8-13)1-2-12-5-9-14(16)10-6-12;/h1-10H,15-16H2;1H/b2-1-;. The molecule has 0 amide bonds. The van der Waals surface area contributed by atoms with Crippen molar-refractivity contribution in [2.75, 3.05) is 11.5 Å². The zero-order chi connectivity index (χ0) is 11.4. The number of hydrogen-bond donors (Lipinski definition) is 2. The number of rotatable bonds is 2. The van der Waals surface area contributed by atoms with Crippen LogP contribution in [0.25, 0.3) is 12.2 Å². The van der Waals surface area contributed by atoms with Gasteiger partial charge in [-0.3, -0.25) is 0 Å². The van der Waals surface area contributed by atoms with E-state index in [0.29, 0.717) is 0 Å². The molecule has 0 aromatic heterocycles. The van der Waals surface area contributed by atoms with E-state index >= 15 is 0 Å². The lowest BCUT2D eigenvalue weighted by atomic mass is 10.1. The highest BCUT2D eigenvalue weighted by Crippen LogP contribution is 2.11. The van der Waals surface area contributed by atoms with Crippen LogP contribution >= 0.6 is 12.4 Å². The first-order valence-corrected chi connectivity index (χ1v) is 5.13. The van der Waals surface area contributed by atoms with Crippen molar-refractivity contribution in [3.63, 3.8) is 0 Å². The molecule has 0 spiro atoms. The van der Waals surface area contributed by atoms with Gasteiger partial charge in [-0.15, -0.1) is 12.4 Å². The van der Waals surface area contributed by atoms with E-state index in [0.717, 1.165) is 22.5 Å². The molecule has 2 nitrogen and oxygen atoms in total. The molecule has 0 heterocycles. The molecule has 0 unspecified atom stereocenters. The third-order valence-corrected chi connectivity index (χ3v) is 2.34. The summed E-state index contributed by atoms with van der Waals surface area (Å²) in [6.07, 6.45) is 4.09. The number of halogens is 1. The first-order valence-electron chi connectivity index (χ1n) is 5.13. The Balaban J connectivity index is 0.00000144. The van der Waals surface area contributed by atoms with Crippen LogP contribution in [0, 0.1) is 0 Å². The lowest BCUT2D eigenvalue weighted by molar-refractivity contribution is 1.63. The van der Waals surface area contributed by atoms with Crippen LogP contribution in [0.4, 0.5) is 11.4 Å². The Labute approximate surface area is 107 Å². The molecular formula is C14H15ClN2. The zero-order valence-corrected chi connectivity index (χ0v) is 10.2. The summed E-state index contributed by atoms with van der Waals surface area (Å²) in [7, 11) is 0. The summed E-state index contributed by atoms with van der Waals surface area (Å²) in [5.74, 6) is 0. The molecule has 17 heavy (non-hydrogen) atoms. The quantitative estimate of drug-likeness (QED) is 0.630. The zero-order valence-electron chi connectivity index (χ0n) is 9.34. The van der Waals surface area contributed by atoms with Gasteiger partial charge in [0.2, 0.25) is 0 Å². The summed E-state index contributed by atoms with van der Waals surface area (Å²) < 4.78 is 0. The van der Waals surface area contributed by atoms with Gasteiger partial charge in [-0.2, -0.15) is 0 Å². The number of anilines is 2. The summed E-state index contributed by atoms with van der Waals surface area (Å²) >= 11 is 0. The topological polar surface area (TPSA) is 52.0 Å². The van der Waals surface area contributed by atoms with Gasteiger partial charge < -0.3 is 11.5 Å². The smallest absolute Gasteiger partial charge is 0.0314 e. The van der Waals surface area contributed by atoms with E-state index in [9.17, 15) is 0 Å². The Hall–Kier alpha value is -1.93. The fraction of sp³-hybridized carbons (Fsp3) is 0. The summed E-state index contributed by atoms with van der Waals surface area (Å²) in [5, 5.41) is 0. The minimum atomic E-state index is 0. The SMILES string of the molecule is Cl.Nc1ccc(/C=C\c2ccc(N)cc2)cc1. The average molecular weight is 247 g/mol. The van der Waals surface area contributed by atoms with Crippen LogP contribution in [0.3, 0.4) is 0 Å². The van der Waals surface area contributed by atoms with E-state index in [4.69, 9.17) is 11.5 Å². The fourth-order valence-electron chi connectivity index (χ4n) is 1.41. The van der Waals surface area contributed by atoms with Crippen molar-refractivity contribution in [3.05, 3.63) is 59.7 Å². The maximum absolute atomic E-state index is 5.61. The normalized spacial score (nSPS) is 10.1. The van der Waals surface area contributed by atoms with Gasteiger partial charge in [0.1, 0.15) is 0 Å². The van der Waals surface area contributed by atoms with Crippen LogP contribution in [0.5, 0.6) is 0 Å². The highest BCUT2D eigenvalue weighted by Gasteiger charge is 1.89. The van der Waals surface area contributed by atoms with Gasteiger partial charge in [0.05, 0.1) is 0 Å². The number of hydrogen-bond acceptors (Lipinski definition) is 2. The molecule has 2 rings (SSSR count). The van der Waals surface area contributed by atoms with Crippen LogP contribution in [-0.4, -0.2) is 0 Å². The molecule has 0 aliphatic rings. The average Bonchev–Trinajstić information content (AvgIpc) is 2.30. The molecular weight excluding hydrogens is 232 g/mol. The second-order valence-electron chi connectivity index (χ2n) is 3.67. The third kappa shape index (κ3) is 3.85. The molecule has 0 saturated heterocycles. The third-order valence-electron chi connectivity index (χ3n) is 2.34. The molecule has 2 aromatic rings. The monoisotopic (exact) mass is 246 g/mol. The molecule has 0 bridgehead atoms. The van der Waals surface area contributed by atoms with Crippen molar-refractivity contribution in [2.45, 2.75) is 0 Å². The van der Waals surface area contributed by atoms with Gasteiger partial charge in [0.25, 0.3) is 0 Å². The molecule has 0 atom stereocenters. The molecule has 0 saturated carbocycles. The number of benzene rings is 2. The van der Waals surface area contributed by atoms with Crippen molar-refractivity contribution in [3.8, 4) is 0 Å². The molecule has 0 fully saturated rings. The molecule has 0 aliphatic carbocycles. The Kier molecular flexibility index (Phi) is 4.61. The van der Waals surface area contributed by atoms with Crippen LogP contribution in [-0.2, 0) is 0 Å². The Morgan fingerprint density at radius 1 is 0.588 bits per heavy atom. The molecule has 0 radical (unpaired) electrons. The minimum Gasteiger partial charge on any atom is -0.399 e. The van der Waals surface area contributed by atoms with E-state index in [-0.39, 0.29) is 12.4 Å². The van der Waals surface area contributed by atoms with Gasteiger partial charge in [-0.25, -0.2) is 0 Å². The van der Waals surface area contributed by atoms with E-state index in [1.165, 1.54) is 0 Å². The van der Waals surface area contributed by atoms with Gasteiger partial charge >= 0.3 is 0 Å². The van der Waals surface area contributed by atoms with Crippen molar-refractivity contribution >= 4 is 35.9 Å². The van der Waals surface area contributed by atoms with Gasteiger partial charge in [0, 0.05) is 11.4 Å². The summed E-state index contributed by atoms with van der Waals surface area (Å²) in [4.78, 5) is 0. The van der Waals surface area contributed by atoms with Crippen molar-refractivity contribution in [1.29, 1.82) is 0 Å². The van der Waals surface area contributed by atoms with Crippen LogP contribution in [0.15, 0.2) is 48.5 Å². The first kappa shape index (κ1) is 13.1. The second kappa shape index (κ2) is 5.97. The molecule has 3 heteroatoms. The van der Waals surface area contributed by atoms with Gasteiger partial charge in [-0.05, 0) is 35.4 Å². The van der Waals surface area contributed by atoms with Crippen LogP contribution < -0.4 is 11.5 Å². The maximum Gasteiger partial charge on any atom is 0.0314 e. The summed E-state index contributed by atoms with van der Waals surface area (Å²) in [5.41, 5.74) is 15.1. The minimum absolute atomic E-state index is 0. The van der Waals surface area contributed by atoms with Crippen molar-refractivity contribution < 1.29 is 0 Å². The predicted molar refractivity (Wildman–Crippen MR) is 77.9 cm³/mol. The maximum atomic E-state index is 5.61.